The molecule has 4 heteroatoms. The Morgan fingerprint density at radius 1 is 1.06 bits per heavy atom. The van der Waals surface area contributed by atoms with Gasteiger partial charge in [0.1, 0.15) is 5.82 Å². The summed E-state index contributed by atoms with van der Waals surface area (Å²) in [5.74, 6) is 1.29. The highest BCUT2D eigenvalue weighted by atomic mass is 32.2. The summed E-state index contributed by atoms with van der Waals surface area (Å²) in [5.41, 5.74) is 15.7. The predicted molar refractivity (Wildman–Crippen MR) is 78.5 cm³/mol. The summed E-state index contributed by atoms with van der Waals surface area (Å²) in [6.07, 6.45) is 0. The molecule has 2 rings (SSSR count). The number of rotatable bonds is 3. The van der Waals surface area contributed by atoms with Crippen LogP contribution in [0, 0.1) is 13.8 Å². The highest BCUT2D eigenvalue weighted by Gasteiger charge is 2.02. The first-order chi connectivity index (χ1) is 8.54. The number of aromatic nitrogens is 1. The van der Waals surface area contributed by atoms with Crippen molar-refractivity contribution in [2.75, 3.05) is 11.5 Å². The van der Waals surface area contributed by atoms with E-state index in [9.17, 15) is 0 Å². The number of pyridine rings is 1. The fourth-order valence-corrected chi connectivity index (χ4v) is 2.67. The largest absolute Gasteiger partial charge is 0.396 e. The van der Waals surface area contributed by atoms with Crippen molar-refractivity contribution >= 4 is 23.3 Å². The molecular formula is C14H17N3S. The lowest BCUT2D eigenvalue weighted by molar-refractivity contribution is 1.14. The highest BCUT2D eigenvalue weighted by Crippen LogP contribution is 2.24. The van der Waals surface area contributed by atoms with Crippen molar-refractivity contribution in [3.63, 3.8) is 0 Å². The molecule has 0 aliphatic heterocycles. The molecule has 0 aliphatic rings. The topological polar surface area (TPSA) is 64.9 Å². The third kappa shape index (κ3) is 3.17. The first-order valence-corrected chi connectivity index (χ1v) is 6.75. The van der Waals surface area contributed by atoms with Crippen molar-refractivity contribution in [3.05, 3.63) is 47.0 Å². The Morgan fingerprint density at radius 2 is 1.72 bits per heavy atom. The van der Waals surface area contributed by atoms with Gasteiger partial charge in [0.05, 0.1) is 10.7 Å². The number of thioether (sulfide) groups is 1. The van der Waals surface area contributed by atoms with Crippen molar-refractivity contribution in [1.82, 2.24) is 4.98 Å². The van der Waals surface area contributed by atoms with Crippen LogP contribution in [0.3, 0.4) is 0 Å². The van der Waals surface area contributed by atoms with Crippen LogP contribution in [-0.4, -0.2) is 4.98 Å². The van der Waals surface area contributed by atoms with E-state index in [2.05, 4.69) is 37.0 Å². The van der Waals surface area contributed by atoms with Gasteiger partial charge in [0.25, 0.3) is 0 Å². The fourth-order valence-electron chi connectivity index (χ4n) is 1.86. The van der Waals surface area contributed by atoms with Gasteiger partial charge in [-0.05, 0) is 31.5 Å². The van der Waals surface area contributed by atoms with Gasteiger partial charge in [0.2, 0.25) is 0 Å². The minimum Gasteiger partial charge on any atom is -0.396 e. The molecule has 1 aromatic heterocycles. The zero-order valence-corrected chi connectivity index (χ0v) is 11.4. The maximum atomic E-state index is 5.69. The maximum absolute atomic E-state index is 5.69. The van der Waals surface area contributed by atoms with Crippen LogP contribution in [0.5, 0.6) is 0 Å². The Morgan fingerprint density at radius 3 is 2.33 bits per heavy atom. The number of anilines is 2. The third-order valence-corrected chi connectivity index (χ3v) is 3.60. The molecule has 0 atom stereocenters. The number of aryl methyl sites for hydroxylation is 2. The molecule has 1 aromatic carbocycles. The van der Waals surface area contributed by atoms with Gasteiger partial charge in [-0.2, -0.15) is 0 Å². The number of benzene rings is 1. The first-order valence-electron chi connectivity index (χ1n) is 5.76. The molecule has 0 radical (unpaired) electrons. The molecule has 1 heterocycles. The van der Waals surface area contributed by atoms with Crippen molar-refractivity contribution < 1.29 is 0 Å². The SMILES string of the molecule is Cc1cc(C)cc(CSc2ccc(N)c(N)n2)c1. The predicted octanol–water partition coefficient (Wildman–Crippen LogP) is 3.16. The van der Waals surface area contributed by atoms with Crippen LogP contribution in [0.1, 0.15) is 16.7 Å². The second-order valence-corrected chi connectivity index (χ2v) is 5.40. The Balaban J connectivity index is 2.08. The average Bonchev–Trinajstić information content (AvgIpc) is 2.29. The van der Waals surface area contributed by atoms with Crippen LogP contribution >= 0.6 is 11.8 Å². The highest BCUT2D eigenvalue weighted by molar-refractivity contribution is 7.98. The van der Waals surface area contributed by atoms with E-state index in [-0.39, 0.29) is 0 Å². The van der Waals surface area contributed by atoms with Crippen molar-refractivity contribution in [1.29, 1.82) is 0 Å². The summed E-state index contributed by atoms with van der Waals surface area (Å²) in [7, 11) is 0. The van der Waals surface area contributed by atoms with E-state index in [1.807, 2.05) is 6.07 Å². The summed E-state index contributed by atoms with van der Waals surface area (Å²) in [5, 5.41) is 0.904. The van der Waals surface area contributed by atoms with E-state index in [1.165, 1.54) is 16.7 Å². The zero-order chi connectivity index (χ0) is 13.1. The van der Waals surface area contributed by atoms with Crippen LogP contribution in [0.2, 0.25) is 0 Å². The van der Waals surface area contributed by atoms with E-state index in [1.54, 1.807) is 17.8 Å². The number of nitrogen functional groups attached to an aromatic ring is 2. The lowest BCUT2D eigenvalue weighted by atomic mass is 10.1. The van der Waals surface area contributed by atoms with Crippen LogP contribution in [-0.2, 0) is 5.75 Å². The van der Waals surface area contributed by atoms with E-state index in [0.29, 0.717) is 11.5 Å². The third-order valence-electron chi connectivity index (χ3n) is 2.60. The van der Waals surface area contributed by atoms with E-state index < -0.39 is 0 Å². The standard InChI is InChI=1S/C14H17N3S/c1-9-5-10(2)7-11(6-9)8-18-13-4-3-12(15)14(16)17-13/h3-7H,8,15H2,1-2H3,(H2,16,17). The Kier molecular flexibility index (Phi) is 3.77. The Bertz CT molecular complexity index is 547. The molecule has 0 bridgehead atoms. The Labute approximate surface area is 112 Å². The molecule has 94 valence electrons. The van der Waals surface area contributed by atoms with Crippen LogP contribution in [0.15, 0.2) is 35.4 Å². The van der Waals surface area contributed by atoms with Gasteiger partial charge in [-0.3, -0.25) is 0 Å². The molecule has 0 saturated carbocycles. The monoisotopic (exact) mass is 259 g/mol. The smallest absolute Gasteiger partial charge is 0.147 e. The minimum absolute atomic E-state index is 0.403. The molecular weight excluding hydrogens is 242 g/mol. The lowest BCUT2D eigenvalue weighted by Crippen LogP contribution is -1.98. The summed E-state index contributed by atoms with van der Waals surface area (Å²) >= 11 is 1.67. The molecule has 18 heavy (non-hydrogen) atoms. The second kappa shape index (κ2) is 5.31. The van der Waals surface area contributed by atoms with Gasteiger partial charge < -0.3 is 11.5 Å². The second-order valence-electron chi connectivity index (χ2n) is 4.41. The average molecular weight is 259 g/mol. The molecule has 0 aliphatic carbocycles. The van der Waals surface area contributed by atoms with Crippen molar-refractivity contribution in [2.45, 2.75) is 24.6 Å². The van der Waals surface area contributed by atoms with Gasteiger partial charge in [0, 0.05) is 5.75 Å². The fraction of sp³-hybridized carbons (Fsp3) is 0.214. The van der Waals surface area contributed by atoms with Crippen LogP contribution < -0.4 is 11.5 Å². The number of nitrogens with zero attached hydrogens (tertiary/aromatic N) is 1. The Hall–Kier alpha value is -1.68. The van der Waals surface area contributed by atoms with E-state index in [4.69, 9.17) is 11.5 Å². The molecule has 4 N–H and O–H groups in total. The van der Waals surface area contributed by atoms with Crippen LogP contribution in [0.4, 0.5) is 11.5 Å². The van der Waals surface area contributed by atoms with Gasteiger partial charge in [0.15, 0.2) is 0 Å². The lowest BCUT2D eigenvalue weighted by Gasteiger charge is -2.06. The summed E-state index contributed by atoms with van der Waals surface area (Å²) in [6.45, 7) is 4.22. The minimum atomic E-state index is 0.403. The number of hydrogen-bond acceptors (Lipinski definition) is 4. The van der Waals surface area contributed by atoms with Crippen LogP contribution in [0.25, 0.3) is 0 Å². The molecule has 3 nitrogen and oxygen atoms in total. The maximum Gasteiger partial charge on any atom is 0.147 e. The normalized spacial score (nSPS) is 10.6. The zero-order valence-electron chi connectivity index (χ0n) is 10.6. The molecule has 0 amide bonds. The van der Waals surface area contributed by atoms with Crippen molar-refractivity contribution in [2.24, 2.45) is 0 Å². The van der Waals surface area contributed by atoms with Gasteiger partial charge in [-0.1, -0.05) is 29.3 Å². The van der Waals surface area contributed by atoms with Gasteiger partial charge >= 0.3 is 0 Å². The summed E-state index contributed by atoms with van der Waals surface area (Å²) in [4.78, 5) is 4.25. The van der Waals surface area contributed by atoms with E-state index in [0.717, 1.165) is 10.8 Å². The van der Waals surface area contributed by atoms with Crippen molar-refractivity contribution in [3.8, 4) is 0 Å². The number of nitrogens with two attached hydrogens (primary N) is 2. The molecule has 0 fully saturated rings. The molecule has 0 unspecified atom stereocenters. The molecule has 0 saturated heterocycles. The van der Waals surface area contributed by atoms with Gasteiger partial charge in [-0.25, -0.2) is 4.98 Å². The number of hydrogen-bond donors (Lipinski definition) is 2. The molecule has 2 aromatic rings. The van der Waals surface area contributed by atoms with Gasteiger partial charge in [-0.15, -0.1) is 11.8 Å². The summed E-state index contributed by atoms with van der Waals surface area (Å²) in [6, 6.07) is 10.3. The first kappa shape index (κ1) is 12.8. The molecule has 0 spiro atoms. The van der Waals surface area contributed by atoms with E-state index >= 15 is 0 Å². The quantitative estimate of drug-likeness (QED) is 0.831. The summed E-state index contributed by atoms with van der Waals surface area (Å²) < 4.78 is 0.